The topological polar surface area (TPSA) is 24.1 Å². The average Bonchev–Trinajstić information content (AvgIpc) is 2.63. The van der Waals surface area contributed by atoms with Crippen LogP contribution in [-0.2, 0) is 0 Å². The van der Waals surface area contributed by atoms with Crippen LogP contribution in [0.15, 0.2) is 17.5 Å². The number of nitrogens with one attached hydrogen (secondary N) is 2. The highest BCUT2D eigenvalue weighted by atomic mass is 35.5. The third-order valence-electron chi connectivity index (χ3n) is 2.20. The maximum Gasteiger partial charge on any atom is 0.0586 e. The van der Waals surface area contributed by atoms with Crippen molar-refractivity contribution in [2.45, 2.75) is 6.04 Å². The number of hydrogen-bond acceptors (Lipinski definition) is 3. The van der Waals surface area contributed by atoms with E-state index in [0.717, 1.165) is 29.5 Å². The second kappa shape index (κ2) is 4.94. The molecule has 4 heteroatoms. The number of rotatable bonds is 2. The van der Waals surface area contributed by atoms with E-state index in [2.05, 4.69) is 22.8 Å². The predicted octanol–water partition coefficient (Wildman–Crippen LogP) is 1.98. The van der Waals surface area contributed by atoms with Gasteiger partial charge in [-0.25, -0.2) is 0 Å². The van der Waals surface area contributed by atoms with Crippen molar-refractivity contribution < 1.29 is 0 Å². The van der Waals surface area contributed by atoms with Crippen molar-refractivity contribution in [3.63, 3.8) is 0 Å². The molecule has 1 aliphatic rings. The van der Waals surface area contributed by atoms with E-state index in [0.29, 0.717) is 6.04 Å². The van der Waals surface area contributed by atoms with Crippen LogP contribution in [0.5, 0.6) is 0 Å². The number of halogens is 1. The molecule has 14 heavy (non-hydrogen) atoms. The monoisotopic (exact) mass is 228 g/mol. The van der Waals surface area contributed by atoms with Crippen molar-refractivity contribution in [2.75, 3.05) is 19.6 Å². The first-order valence-corrected chi connectivity index (χ1v) is 5.97. The van der Waals surface area contributed by atoms with Gasteiger partial charge in [0.25, 0.3) is 0 Å². The maximum atomic E-state index is 5.98. The molecule has 0 amide bonds. The third kappa shape index (κ3) is 2.58. The molecule has 2 N–H and O–H groups in total. The minimum atomic E-state index is 0.432. The smallest absolute Gasteiger partial charge is 0.0586 e. The molecule has 1 atom stereocenters. The van der Waals surface area contributed by atoms with Gasteiger partial charge in [0.1, 0.15) is 0 Å². The van der Waals surface area contributed by atoms with Crippen LogP contribution in [0.2, 0.25) is 5.02 Å². The molecule has 76 valence electrons. The summed E-state index contributed by atoms with van der Waals surface area (Å²) in [5.41, 5.74) is 0. The summed E-state index contributed by atoms with van der Waals surface area (Å²) in [5, 5.41) is 9.60. The van der Waals surface area contributed by atoms with Gasteiger partial charge in [0, 0.05) is 30.6 Å². The fraction of sp³-hybridized carbons (Fsp3) is 0.400. The van der Waals surface area contributed by atoms with Crippen LogP contribution in [0.4, 0.5) is 0 Å². The lowest BCUT2D eigenvalue weighted by Crippen LogP contribution is -2.47. The van der Waals surface area contributed by atoms with Crippen LogP contribution in [0, 0.1) is 0 Å². The van der Waals surface area contributed by atoms with Crippen molar-refractivity contribution in [1.29, 1.82) is 0 Å². The Balaban J connectivity index is 1.95. The number of thiophene rings is 1. The zero-order valence-electron chi connectivity index (χ0n) is 7.79. The van der Waals surface area contributed by atoms with Crippen LogP contribution in [0.25, 0.3) is 6.08 Å². The van der Waals surface area contributed by atoms with Crippen LogP contribution in [-0.4, -0.2) is 25.7 Å². The van der Waals surface area contributed by atoms with Gasteiger partial charge in [-0.2, -0.15) is 0 Å². The summed E-state index contributed by atoms with van der Waals surface area (Å²) in [6.45, 7) is 3.09. The highest BCUT2D eigenvalue weighted by Crippen LogP contribution is 2.23. The molecule has 1 unspecified atom stereocenters. The normalized spacial score (nSPS) is 23.1. The lowest BCUT2D eigenvalue weighted by molar-refractivity contribution is 0.472. The molecule has 0 bridgehead atoms. The number of piperazine rings is 1. The summed E-state index contributed by atoms with van der Waals surface area (Å²) < 4.78 is 0. The molecule has 1 saturated heterocycles. The minimum absolute atomic E-state index is 0.432. The Morgan fingerprint density at radius 1 is 1.50 bits per heavy atom. The molecular formula is C10H13ClN2S. The zero-order valence-corrected chi connectivity index (χ0v) is 9.37. The molecule has 2 nitrogen and oxygen atoms in total. The molecule has 1 aliphatic heterocycles. The fourth-order valence-electron chi connectivity index (χ4n) is 1.44. The van der Waals surface area contributed by atoms with E-state index in [1.165, 1.54) is 0 Å². The molecule has 0 saturated carbocycles. The minimum Gasteiger partial charge on any atom is -0.314 e. The second-order valence-corrected chi connectivity index (χ2v) is 4.61. The Labute approximate surface area is 93.0 Å². The van der Waals surface area contributed by atoms with E-state index >= 15 is 0 Å². The first-order valence-electron chi connectivity index (χ1n) is 4.71. The maximum absolute atomic E-state index is 5.98. The second-order valence-electron chi connectivity index (χ2n) is 3.26. The van der Waals surface area contributed by atoms with E-state index in [1.54, 1.807) is 11.3 Å². The van der Waals surface area contributed by atoms with Crippen molar-refractivity contribution >= 4 is 29.0 Å². The third-order valence-corrected chi connectivity index (χ3v) is 3.52. The van der Waals surface area contributed by atoms with Crippen LogP contribution in [0.3, 0.4) is 0 Å². The summed E-state index contributed by atoms with van der Waals surface area (Å²) in [6.07, 6.45) is 4.27. The van der Waals surface area contributed by atoms with Crippen LogP contribution in [0.1, 0.15) is 4.88 Å². The van der Waals surface area contributed by atoms with Crippen LogP contribution < -0.4 is 10.6 Å². The standard InChI is InChI=1S/C10H13ClN2S/c11-9-3-6-14-10(9)2-1-8-7-12-4-5-13-8/h1-3,6,8,12-13H,4-5,7H2. The predicted molar refractivity (Wildman–Crippen MR) is 63.0 cm³/mol. The van der Waals surface area contributed by atoms with E-state index < -0.39 is 0 Å². The number of hydrogen-bond donors (Lipinski definition) is 2. The van der Waals surface area contributed by atoms with Gasteiger partial charge in [0.15, 0.2) is 0 Å². The SMILES string of the molecule is Clc1ccsc1C=CC1CNCCN1. The Morgan fingerprint density at radius 2 is 2.43 bits per heavy atom. The summed E-state index contributed by atoms with van der Waals surface area (Å²) in [7, 11) is 0. The van der Waals surface area contributed by atoms with Gasteiger partial charge in [-0.3, -0.25) is 0 Å². The van der Waals surface area contributed by atoms with Gasteiger partial charge in [-0.1, -0.05) is 17.7 Å². The van der Waals surface area contributed by atoms with Crippen molar-refractivity contribution in [3.8, 4) is 0 Å². The van der Waals surface area contributed by atoms with Gasteiger partial charge >= 0.3 is 0 Å². The lowest BCUT2D eigenvalue weighted by Gasteiger charge is -2.21. The summed E-state index contributed by atoms with van der Waals surface area (Å²) >= 11 is 7.65. The van der Waals surface area contributed by atoms with E-state index in [1.807, 2.05) is 11.4 Å². The van der Waals surface area contributed by atoms with Gasteiger partial charge < -0.3 is 10.6 Å². The molecule has 1 aromatic rings. The van der Waals surface area contributed by atoms with E-state index in [9.17, 15) is 0 Å². The van der Waals surface area contributed by atoms with E-state index in [-0.39, 0.29) is 0 Å². The molecule has 0 radical (unpaired) electrons. The van der Waals surface area contributed by atoms with Crippen molar-refractivity contribution in [2.24, 2.45) is 0 Å². The Morgan fingerprint density at radius 3 is 3.07 bits per heavy atom. The molecule has 0 aromatic carbocycles. The molecule has 0 aliphatic carbocycles. The van der Waals surface area contributed by atoms with Crippen molar-refractivity contribution in [3.05, 3.63) is 27.4 Å². The summed E-state index contributed by atoms with van der Waals surface area (Å²) in [6, 6.07) is 2.36. The van der Waals surface area contributed by atoms with Gasteiger partial charge in [-0.05, 0) is 17.5 Å². The molecule has 2 heterocycles. The van der Waals surface area contributed by atoms with Gasteiger partial charge in [0.2, 0.25) is 0 Å². The molecule has 2 rings (SSSR count). The lowest BCUT2D eigenvalue weighted by atomic mass is 10.2. The van der Waals surface area contributed by atoms with Crippen LogP contribution >= 0.6 is 22.9 Å². The van der Waals surface area contributed by atoms with Gasteiger partial charge in [-0.15, -0.1) is 11.3 Å². The molecule has 1 fully saturated rings. The first-order chi connectivity index (χ1) is 6.86. The first kappa shape index (κ1) is 10.2. The molecular weight excluding hydrogens is 216 g/mol. The summed E-state index contributed by atoms with van der Waals surface area (Å²) in [5.74, 6) is 0. The molecule has 0 spiro atoms. The largest absolute Gasteiger partial charge is 0.314 e. The quantitative estimate of drug-likeness (QED) is 0.809. The zero-order chi connectivity index (χ0) is 9.80. The summed E-state index contributed by atoms with van der Waals surface area (Å²) in [4.78, 5) is 1.14. The highest BCUT2D eigenvalue weighted by Gasteiger charge is 2.07. The Hall–Kier alpha value is -0.350. The Bertz CT molecular complexity index is 316. The Kier molecular flexibility index (Phi) is 3.59. The van der Waals surface area contributed by atoms with Gasteiger partial charge in [0.05, 0.1) is 5.02 Å². The fourth-order valence-corrected chi connectivity index (χ4v) is 2.46. The van der Waals surface area contributed by atoms with Crippen molar-refractivity contribution in [1.82, 2.24) is 10.6 Å². The van der Waals surface area contributed by atoms with E-state index in [4.69, 9.17) is 11.6 Å². The highest BCUT2D eigenvalue weighted by molar-refractivity contribution is 7.11. The average molecular weight is 229 g/mol. The molecule has 1 aromatic heterocycles.